The molecule has 6 N–H and O–H groups in total. The number of hydrogen-bond donors (Lipinski definition) is 5. The van der Waals surface area contributed by atoms with E-state index in [-0.39, 0.29) is 36.9 Å². The summed E-state index contributed by atoms with van der Waals surface area (Å²) in [6, 6.07) is 13.2. The van der Waals surface area contributed by atoms with E-state index in [2.05, 4.69) is 26.3 Å². The molecule has 258 valence electrons. The van der Waals surface area contributed by atoms with E-state index in [0.717, 1.165) is 10.9 Å². The normalized spacial score (nSPS) is 12.4. The number of benzene rings is 2. The van der Waals surface area contributed by atoms with E-state index < -0.39 is 47.6 Å². The van der Waals surface area contributed by atoms with Gasteiger partial charge in [-0.15, -0.1) is 0 Å². The summed E-state index contributed by atoms with van der Waals surface area (Å²) >= 11 is 0. The Labute approximate surface area is 279 Å². The van der Waals surface area contributed by atoms with Crippen LogP contribution in [0.25, 0.3) is 10.9 Å². The number of nitrogens with one attached hydrogen (secondary N) is 4. The zero-order valence-corrected chi connectivity index (χ0v) is 28.0. The number of rotatable bonds is 14. The fourth-order valence-corrected chi connectivity index (χ4v) is 4.54. The quantitative estimate of drug-likeness (QED) is 0.125. The van der Waals surface area contributed by atoms with Crippen molar-refractivity contribution in [2.24, 2.45) is 11.7 Å². The van der Waals surface area contributed by atoms with Crippen molar-refractivity contribution < 1.29 is 38.2 Å². The Hall–Kier alpha value is -5.40. The number of pyridine rings is 1. The number of primary amides is 1. The Bertz CT molecular complexity index is 1600. The van der Waals surface area contributed by atoms with Gasteiger partial charge < -0.3 is 41.2 Å². The van der Waals surface area contributed by atoms with E-state index >= 15 is 0 Å². The lowest BCUT2D eigenvalue weighted by Gasteiger charge is -2.27. The maximum Gasteiger partial charge on any atom is 0.408 e. The van der Waals surface area contributed by atoms with E-state index in [9.17, 15) is 24.0 Å². The number of anilines is 1. The van der Waals surface area contributed by atoms with Gasteiger partial charge in [0.15, 0.2) is 11.4 Å². The fraction of sp³-hybridized carbons (Fsp3) is 0.412. The van der Waals surface area contributed by atoms with Crippen molar-refractivity contribution in [2.75, 3.05) is 19.0 Å². The number of ether oxygens (including phenoxy) is 3. The summed E-state index contributed by atoms with van der Waals surface area (Å²) < 4.78 is 16.1. The molecule has 5 amide bonds. The van der Waals surface area contributed by atoms with Gasteiger partial charge in [-0.05, 0) is 69.4 Å². The van der Waals surface area contributed by atoms with Crippen molar-refractivity contribution in [3.05, 3.63) is 65.9 Å². The Morgan fingerprint density at radius 1 is 0.938 bits per heavy atom. The number of para-hydroxylation sites is 1. The monoisotopic (exact) mass is 664 g/mol. The van der Waals surface area contributed by atoms with Crippen LogP contribution in [0, 0.1) is 5.92 Å². The van der Waals surface area contributed by atoms with Gasteiger partial charge in [0.05, 0.1) is 12.6 Å². The van der Waals surface area contributed by atoms with E-state index in [4.69, 9.17) is 19.9 Å². The van der Waals surface area contributed by atoms with Gasteiger partial charge in [0.1, 0.15) is 24.3 Å². The van der Waals surface area contributed by atoms with Crippen molar-refractivity contribution in [1.29, 1.82) is 0 Å². The Morgan fingerprint density at radius 3 is 2.25 bits per heavy atom. The minimum atomic E-state index is -1.01. The van der Waals surface area contributed by atoms with Crippen LogP contribution < -0.4 is 31.7 Å². The van der Waals surface area contributed by atoms with Gasteiger partial charge in [-0.25, -0.2) is 19.4 Å². The number of nitrogens with zero attached hydrogens (tertiary/aromatic N) is 1. The van der Waals surface area contributed by atoms with Crippen molar-refractivity contribution >= 4 is 46.5 Å². The third-order valence-corrected chi connectivity index (χ3v) is 6.91. The fourth-order valence-electron chi connectivity index (χ4n) is 4.54. The number of amides is 5. The van der Waals surface area contributed by atoms with Crippen LogP contribution in [-0.4, -0.2) is 66.2 Å². The summed E-state index contributed by atoms with van der Waals surface area (Å²) in [5.74, 6) is -1.75. The molecule has 48 heavy (non-hydrogen) atoms. The van der Waals surface area contributed by atoms with Crippen LogP contribution in [0.4, 0.5) is 15.3 Å². The summed E-state index contributed by atoms with van der Waals surface area (Å²) in [6.07, 6.45) is -0.255. The summed E-state index contributed by atoms with van der Waals surface area (Å²) in [4.78, 5) is 66.9. The van der Waals surface area contributed by atoms with Crippen LogP contribution in [0.1, 0.15) is 63.5 Å². The van der Waals surface area contributed by atoms with E-state index in [1.807, 2.05) is 18.2 Å². The minimum absolute atomic E-state index is 0.0557. The smallest absolute Gasteiger partial charge is 0.408 e. The summed E-state index contributed by atoms with van der Waals surface area (Å²) in [6.45, 7) is 8.93. The van der Waals surface area contributed by atoms with Crippen LogP contribution >= 0.6 is 0 Å². The number of urea groups is 1. The Balaban J connectivity index is 1.70. The highest BCUT2D eigenvalue weighted by atomic mass is 16.6. The molecule has 0 radical (unpaired) electrons. The largest absolute Gasteiger partial charge is 0.486 e. The molecular weight excluding hydrogens is 620 g/mol. The number of aromatic nitrogens is 1. The molecule has 14 nitrogen and oxygen atoms in total. The van der Waals surface area contributed by atoms with Gasteiger partial charge in [-0.2, -0.15) is 0 Å². The molecule has 0 spiro atoms. The lowest BCUT2D eigenvalue weighted by Crippen LogP contribution is -2.55. The highest BCUT2D eigenvalue weighted by Gasteiger charge is 2.30. The number of nitrogens with two attached hydrogens (primary N) is 1. The number of fused-ring (bicyclic) bond motifs is 1. The molecule has 3 rings (SSSR count). The third kappa shape index (κ3) is 11.4. The molecule has 0 saturated heterocycles. The summed E-state index contributed by atoms with van der Waals surface area (Å²) in [5, 5.41) is 11.4. The van der Waals surface area contributed by atoms with Crippen molar-refractivity contribution in [3.8, 4) is 5.75 Å². The average molecular weight is 665 g/mol. The predicted octanol–water partition coefficient (Wildman–Crippen LogP) is 4.02. The first-order valence-corrected chi connectivity index (χ1v) is 15.5. The van der Waals surface area contributed by atoms with Crippen LogP contribution in [-0.2, 0) is 25.7 Å². The van der Waals surface area contributed by atoms with Gasteiger partial charge in [0.2, 0.25) is 11.8 Å². The second-order valence-electron chi connectivity index (χ2n) is 12.4. The number of alkyl carbamates (subject to hydrolysis) is 1. The molecule has 0 fully saturated rings. The zero-order chi connectivity index (χ0) is 35.4. The maximum atomic E-state index is 13.4. The van der Waals surface area contributed by atoms with E-state index in [1.54, 1.807) is 71.0 Å². The van der Waals surface area contributed by atoms with Crippen LogP contribution in [0.15, 0.2) is 54.6 Å². The standard InChI is InChI=1S/C34H44N6O8/c1-20(2)27(40-33(45)48-34(3,4)5)30(42)39-25(12-9-17-36-32(35)44)29(41)37-23-15-13-21(14-16-23)19-47-26-18-22-10-7-8-11-24(22)38-28(26)31(43)46-6/h7-8,10-11,13-16,18,20,25,27H,9,12,17,19H2,1-6H3,(H,37,41)(H,39,42)(H,40,45)(H3,35,36,44)/t25-,27-/m0/s1. The van der Waals surface area contributed by atoms with Crippen molar-refractivity contribution in [1.82, 2.24) is 20.9 Å². The molecule has 0 aliphatic heterocycles. The van der Waals surface area contributed by atoms with E-state index in [0.29, 0.717) is 17.6 Å². The second-order valence-corrected chi connectivity index (χ2v) is 12.4. The first kappa shape index (κ1) is 37.1. The van der Waals surface area contributed by atoms with Gasteiger partial charge in [0.25, 0.3) is 0 Å². The first-order valence-electron chi connectivity index (χ1n) is 15.5. The number of carbonyl (C=O) groups is 5. The van der Waals surface area contributed by atoms with Gasteiger partial charge in [0, 0.05) is 17.6 Å². The summed E-state index contributed by atoms with van der Waals surface area (Å²) in [5.41, 5.74) is 6.26. The molecule has 0 unspecified atom stereocenters. The van der Waals surface area contributed by atoms with Crippen molar-refractivity contribution in [2.45, 2.75) is 71.8 Å². The number of esters is 1. The molecule has 1 aromatic heterocycles. The number of carbonyl (C=O) groups excluding carboxylic acids is 5. The Kier molecular flexibility index (Phi) is 13.1. The molecule has 2 atom stereocenters. The molecule has 0 aliphatic carbocycles. The molecule has 0 bridgehead atoms. The Morgan fingerprint density at radius 2 is 1.62 bits per heavy atom. The molecule has 3 aromatic rings. The van der Waals surface area contributed by atoms with Crippen LogP contribution in [0.5, 0.6) is 5.75 Å². The maximum absolute atomic E-state index is 13.4. The van der Waals surface area contributed by atoms with Crippen LogP contribution in [0.2, 0.25) is 0 Å². The number of hydrogen-bond acceptors (Lipinski definition) is 9. The number of methoxy groups -OCH3 is 1. The van der Waals surface area contributed by atoms with Crippen LogP contribution in [0.3, 0.4) is 0 Å². The summed E-state index contributed by atoms with van der Waals surface area (Å²) in [7, 11) is 1.27. The predicted molar refractivity (Wildman–Crippen MR) is 179 cm³/mol. The van der Waals surface area contributed by atoms with Crippen molar-refractivity contribution in [3.63, 3.8) is 0 Å². The highest BCUT2D eigenvalue weighted by molar-refractivity contribution is 5.98. The molecule has 2 aromatic carbocycles. The third-order valence-electron chi connectivity index (χ3n) is 6.91. The van der Waals surface area contributed by atoms with Gasteiger partial charge in [-0.3, -0.25) is 9.59 Å². The first-order chi connectivity index (χ1) is 22.7. The lowest BCUT2D eigenvalue weighted by molar-refractivity contribution is -0.128. The molecule has 1 heterocycles. The lowest BCUT2D eigenvalue weighted by atomic mass is 10.0. The van der Waals surface area contributed by atoms with Gasteiger partial charge in [-0.1, -0.05) is 44.2 Å². The molecule has 0 saturated carbocycles. The SMILES string of the molecule is COC(=O)c1nc2ccccc2cc1OCc1ccc(NC(=O)[C@H](CCCNC(N)=O)NC(=O)[C@@H](NC(=O)OC(C)(C)C)C(C)C)cc1. The second kappa shape index (κ2) is 17.0. The molecule has 0 aliphatic rings. The van der Waals surface area contributed by atoms with Gasteiger partial charge >= 0.3 is 18.1 Å². The highest BCUT2D eigenvalue weighted by Crippen LogP contribution is 2.25. The minimum Gasteiger partial charge on any atom is -0.486 e. The zero-order valence-electron chi connectivity index (χ0n) is 28.0. The molecular formula is C34H44N6O8. The average Bonchev–Trinajstić information content (AvgIpc) is 3.02. The topological polar surface area (TPSA) is 200 Å². The van der Waals surface area contributed by atoms with E-state index in [1.165, 1.54) is 7.11 Å². The molecule has 14 heteroatoms.